The van der Waals surface area contributed by atoms with Gasteiger partial charge in [-0.15, -0.1) is 0 Å². The standard InChI is InChI=1S/C23H13ClN2O8/c24-16-4-1-11(22(29)30)7-14(16)17-6-3-13(34-17)9-15-20(27)25-23(31)26(21(15)28)12-2-5-18-19(8-12)33-10-32-18/h1-9H,10H2,(H,29,30)(H,25,27,31)/p-1/b15-9+. The van der Waals surface area contributed by atoms with E-state index < -0.39 is 23.8 Å². The maximum Gasteiger partial charge on any atom is 0.335 e. The third kappa shape index (κ3) is 3.65. The van der Waals surface area contributed by atoms with Gasteiger partial charge in [-0.3, -0.25) is 14.9 Å². The lowest BCUT2D eigenvalue weighted by molar-refractivity contribution is -0.255. The molecule has 3 aromatic rings. The molecular formula is C23H12ClN2O8-. The molecule has 1 saturated heterocycles. The van der Waals surface area contributed by atoms with Crippen molar-refractivity contribution in [1.82, 2.24) is 5.32 Å². The van der Waals surface area contributed by atoms with Crippen molar-refractivity contribution in [1.29, 1.82) is 0 Å². The van der Waals surface area contributed by atoms with E-state index in [0.29, 0.717) is 11.5 Å². The summed E-state index contributed by atoms with van der Waals surface area (Å²) in [6.45, 7) is 0.0132. The Labute approximate surface area is 195 Å². The summed E-state index contributed by atoms with van der Waals surface area (Å²) in [7, 11) is 0. The van der Waals surface area contributed by atoms with Gasteiger partial charge in [-0.2, -0.15) is 0 Å². The maximum atomic E-state index is 13.1. The fourth-order valence-electron chi connectivity index (χ4n) is 3.47. The van der Waals surface area contributed by atoms with E-state index in [9.17, 15) is 24.3 Å². The summed E-state index contributed by atoms with van der Waals surface area (Å²) >= 11 is 6.16. The Morgan fingerprint density at radius 1 is 1.03 bits per heavy atom. The number of carboxylic acids is 1. The van der Waals surface area contributed by atoms with E-state index in [1.165, 1.54) is 48.5 Å². The van der Waals surface area contributed by atoms with Crippen LogP contribution in [-0.4, -0.2) is 30.6 Å². The summed E-state index contributed by atoms with van der Waals surface area (Å²) in [4.78, 5) is 49.8. The second-order valence-electron chi connectivity index (χ2n) is 7.18. The largest absolute Gasteiger partial charge is 0.545 e. The van der Waals surface area contributed by atoms with Crippen LogP contribution >= 0.6 is 11.6 Å². The number of barbiturate groups is 1. The number of amides is 4. The van der Waals surface area contributed by atoms with Crippen molar-refractivity contribution in [2.24, 2.45) is 0 Å². The Morgan fingerprint density at radius 3 is 2.62 bits per heavy atom. The first-order valence-electron chi connectivity index (χ1n) is 9.74. The van der Waals surface area contributed by atoms with E-state index in [-0.39, 0.29) is 45.7 Å². The van der Waals surface area contributed by atoms with Crippen LogP contribution in [0.3, 0.4) is 0 Å². The monoisotopic (exact) mass is 479 g/mol. The molecule has 3 heterocycles. The molecule has 2 aromatic carbocycles. The van der Waals surface area contributed by atoms with Gasteiger partial charge in [0, 0.05) is 11.6 Å². The fraction of sp³-hybridized carbons (Fsp3) is 0.0435. The lowest BCUT2D eigenvalue weighted by Crippen LogP contribution is -2.54. The Hall–Kier alpha value is -4.57. The average molecular weight is 480 g/mol. The van der Waals surface area contributed by atoms with Gasteiger partial charge in [-0.1, -0.05) is 17.7 Å². The van der Waals surface area contributed by atoms with E-state index in [1.807, 2.05) is 0 Å². The Balaban J connectivity index is 1.48. The minimum atomic E-state index is -1.38. The van der Waals surface area contributed by atoms with Crippen molar-refractivity contribution in [3.8, 4) is 22.8 Å². The molecular weight excluding hydrogens is 468 g/mol. The lowest BCUT2D eigenvalue weighted by Gasteiger charge is -2.26. The molecule has 0 atom stereocenters. The number of urea groups is 1. The number of nitrogens with one attached hydrogen (secondary N) is 1. The van der Waals surface area contributed by atoms with Crippen LogP contribution in [0.2, 0.25) is 5.02 Å². The molecule has 34 heavy (non-hydrogen) atoms. The van der Waals surface area contributed by atoms with Crippen molar-refractivity contribution in [3.05, 3.63) is 70.5 Å². The molecule has 2 aliphatic rings. The number of halogens is 1. The second kappa shape index (κ2) is 8.09. The van der Waals surface area contributed by atoms with Crippen LogP contribution in [-0.2, 0) is 9.59 Å². The third-order valence-electron chi connectivity index (χ3n) is 5.10. The van der Waals surface area contributed by atoms with Crippen LogP contribution in [0.25, 0.3) is 17.4 Å². The van der Waals surface area contributed by atoms with Crippen molar-refractivity contribution in [3.63, 3.8) is 0 Å². The third-order valence-corrected chi connectivity index (χ3v) is 5.43. The molecule has 5 rings (SSSR count). The number of carboxylic acid groups (broad SMARTS) is 1. The van der Waals surface area contributed by atoms with Gasteiger partial charge in [0.25, 0.3) is 11.8 Å². The first kappa shape index (κ1) is 21.3. The Kier molecular flexibility index (Phi) is 5.06. The van der Waals surface area contributed by atoms with E-state index in [4.69, 9.17) is 25.5 Å². The number of rotatable bonds is 4. The molecule has 0 saturated carbocycles. The molecule has 2 aliphatic heterocycles. The Bertz CT molecular complexity index is 1420. The number of carbonyl (C=O) groups excluding carboxylic acids is 4. The second-order valence-corrected chi connectivity index (χ2v) is 7.59. The fourth-order valence-corrected chi connectivity index (χ4v) is 3.69. The zero-order valence-corrected chi connectivity index (χ0v) is 17.8. The Morgan fingerprint density at radius 2 is 1.82 bits per heavy atom. The van der Waals surface area contributed by atoms with Gasteiger partial charge in [0.1, 0.15) is 17.1 Å². The van der Waals surface area contributed by atoms with Gasteiger partial charge in [-0.05, 0) is 48.0 Å². The predicted octanol–water partition coefficient (Wildman–Crippen LogP) is 2.36. The molecule has 4 amide bonds. The number of benzene rings is 2. The zero-order valence-electron chi connectivity index (χ0n) is 17.0. The highest BCUT2D eigenvalue weighted by molar-refractivity contribution is 6.39. The zero-order chi connectivity index (χ0) is 24.0. The SMILES string of the molecule is O=C1NC(=O)N(c2ccc3c(c2)OCO3)C(=O)/C1=C/c1ccc(-c2cc(C(=O)[O-])ccc2Cl)o1. The van der Waals surface area contributed by atoms with Crippen LogP contribution in [0.1, 0.15) is 16.1 Å². The van der Waals surface area contributed by atoms with Crippen molar-refractivity contribution >= 4 is 47.2 Å². The number of nitrogens with zero attached hydrogens (tertiary/aromatic N) is 1. The molecule has 1 N–H and O–H groups in total. The minimum Gasteiger partial charge on any atom is -0.545 e. The maximum absolute atomic E-state index is 13.1. The first-order valence-corrected chi connectivity index (χ1v) is 10.1. The summed E-state index contributed by atoms with van der Waals surface area (Å²) in [6.07, 6.45) is 1.17. The van der Waals surface area contributed by atoms with Crippen molar-refractivity contribution < 1.29 is 38.2 Å². The number of hydrogen-bond donors (Lipinski definition) is 1. The number of ether oxygens (including phenoxy) is 2. The quantitative estimate of drug-likeness (QED) is 0.444. The molecule has 0 bridgehead atoms. The van der Waals surface area contributed by atoms with Gasteiger partial charge < -0.3 is 23.8 Å². The molecule has 0 unspecified atom stereocenters. The molecule has 1 fully saturated rings. The smallest absolute Gasteiger partial charge is 0.335 e. The van der Waals surface area contributed by atoms with Gasteiger partial charge >= 0.3 is 6.03 Å². The van der Waals surface area contributed by atoms with Crippen molar-refractivity contribution in [2.75, 3.05) is 11.7 Å². The first-order chi connectivity index (χ1) is 16.3. The van der Waals surface area contributed by atoms with Crippen LogP contribution in [0.5, 0.6) is 11.5 Å². The highest BCUT2D eigenvalue weighted by Gasteiger charge is 2.37. The molecule has 0 spiro atoms. The lowest BCUT2D eigenvalue weighted by atomic mass is 10.1. The number of furan rings is 1. The van der Waals surface area contributed by atoms with Crippen LogP contribution in [0.15, 0.2) is 58.5 Å². The average Bonchev–Trinajstić information content (AvgIpc) is 3.46. The number of imide groups is 2. The topological polar surface area (TPSA) is 138 Å². The molecule has 0 radical (unpaired) electrons. The van der Waals surface area contributed by atoms with E-state index in [1.54, 1.807) is 6.07 Å². The minimum absolute atomic E-state index is 0.0132. The summed E-state index contributed by atoms with van der Waals surface area (Å²) in [6, 6.07) is 10.5. The summed E-state index contributed by atoms with van der Waals surface area (Å²) in [5.41, 5.74) is 0.00364. The summed E-state index contributed by atoms with van der Waals surface area (Å²) in [5.74, 6) is -2.04. The molecule has 10 nitrogen and oxygen atoms in total. The normalized spacial score (nSPS) is 16.2. The summed E-state index contributed by atoms with van der Waals surface area (Å²) < 4.78 is 16.2. The molecule has 11 heteroatoms. The molecule has 170 valence electrons. The van der Waals surface area contributed by atoms with Crippen LogP contribution < -0.4 is 24.8 Å². The highest BCUT2D eigenvalue weighted by Crippen LogP contribution is 2.36. The predicted molar refractivity (Wildman–Crippen MR) is 115 cm³/mol. The van der Waals surface area contributed by atoms with Gasteiger partial charge in [0.05, 0.1) is 16.7 Å². The van der Waals surface area contributed by atoms with Gasteiger partial charge in [0.15, 0.2) is 11.5 Å². The van der Waals surface area contributed by atoms with Gasteiger partial charge in [-0.25, -0.2) is 9.69 Å². The van der Waals surface area contributed by atoms with Crippen LogP contribution in [0, 0.1) is 0 Å². The summed E-state index contributed by atoms with van der Waals surface area (Å²) in [5, 5.41) is 13.5. The van der Waals surface area contributed by atoms with Gasteiger partial charge in [0.2, 0.25) is 6.79 Å². The van der Waals surface area contributed by atoms with E-state index in [0.717, 1.165) is 4.90 Å². The number of fused-ring (bicyclic) bond motifs is 1. The number of carbonyl (C=O) groups is 4. The molecule has 1 aromatic heterocycles. The number of aromatic carboxylic acids is 1. The van der Waals surface area contributed by atoms with Crippen molar-refractivity contribution in [2.45, 2.75) is 0 Å². The van der Waals surface area contributed by atoms with E-state index >= 15 is 0 Å². The number of anilines is 1. The molecule has 0 aliphatic carbocycles. The highest BCUT2D eigenvalue weighted by atomic mass is 35.5. The van der Waals surface area contributed by atoms with Crippen LogP contribution in [0.4, 0.5) is 10.5 Å². The van der Waals surface area contributed by atoms with E-state index in [2.05, 4.69) is 5.32 Å². The number of hydrogen-bond acceptors (Lipinski definition) is 8.